The number of hydrogen-bond donors (Lipinski definition) is 1. The Kier molecular flexibility index (Phi) is 5.34. The van der Waals surface area contributed by atoms with Crippen LogP contribution in [0.2, 0.25) is 0 Å². The molecule has 1 N–H and O–H groups in total. The first-order chi connectivity index (χ1) is 12.2. The molecule has 3 aromatic rings. The van der Waals surface area contributed by atoms with Crippen molar-refractivity contribution in [3.63, 3.8) is 0 Å². The van der Waals surface area contributed by atoms with Gasteiger partial charge in [0.15, 0.2) is 6.10 Å². The van der Waals surface area contributed by atoms with Crippen molar-refractivity contribution in [3.8, 4) is 5.75 Å². The van der Waals surface area contributed by atoms with Gasteiger partial charge in [-0.3, -0.25) is 4.79 Å². The number of rotatable bonds is 6. The Hall–Kier alpha value is -2.81. The highest BCUT2D eigenvalue weighted by atomic mass is 16.5. The molecule has 0 spiro atoms. The normalized spacial score (nSPS) is 13.2. The lowest BCUT2D eigenvalue weighted by Crippen LogP contribution is -2.39. The van der Waals surface area contributed by atoms with Crippen LogP contribution >= 0.6 is 0 Å². The van der Waals surface area contributed by atoms with E-state index in [9.17, 15) is 4.79 Å². The lowest BCUT2D eigenvalue weighted by Gasteiger charge is -2.21. The topological polar surface area (TPSA) is 38.3 Å². The molecule has 0 saturated heterocycles. The van der Waals surface area contributed by atoms with E-state index in [-0.39, 0.29) is 11.9 Å². The monoisotopic (exact) mass is 333 g/mol. The number of amides is 1. The fraction of sp³-hybridized carbons (Fsp3) is 0.227. The molecule has 0 bridgehead atoms. The summed E-state index contributed by atoms with van der Waals surface area (Å²) in [6.07, 6.45) is 0.0910. The van der Waals surface area contributed by atoms with E-state index >= 15 is 0 Å². The highest BCUT2D eigenvalue weighted by molar-refractivity contribution is 5.89. The zero-order valence-electron chi connectivity index (χ0n) is 14.6. The number of benzene rings is 3. The zero-order chi connectivity index (χ0) is 17.6. The van der Waals surface area contributed by atoms with Gasteiger partial charge >= 0.3 is 0 Å². The highest BCUT2D eigenvalue weighted by Crippen LogP contribution is 2.26. The van der Waals surface area contributed by atoms with Gasteiger partial charge < -0.3 is 10.1 Å². The van der Waals surface area contributed by atoms with Crippen LogP contribution in [0.25, 0.3) is 10.8 Å². The van der Waals surface area contributed by atoms with Gasteiger partial charge in [-0.1, -0.05) is 73.7 Å². The number of fused-ring (bicyclic) bond motifs is 1. The number of carbonyl (C=O) groups excluding carboxylic acids is 1. The van der Waals surface area contributed by atoms with Crippen molar-refractivity contribution in [2.75, 3.05) is 0 Å². The van der Waals surface area contributed by atoms with E-state index in [0.29, 0.717) is 6.42 Å². The molecule has 0 aliphatic carbocycles. The van der Waals surface area contributed by atoms with Crippen molar-refractivity contribution in [1.82, 2.24) is 5.32 Å². The first-order valence-corrected chi connectivity index (χ1v) is 8.68. The largest absolute Gasteiger partial charge is 0.480 e. The third kappa shape index (κ3) is 4.00. The van der Waals surface area contributed by atoms with Gasteiger partial charge in [-0.15, -0.1) is 0 Å². The Balaban J connectivity index is 1.74. The first kappa shape index (κ1) is 17.0. The summed E-state index contributed by atoms with van der Waals surface area (Å²) >= 11 is 0. The molecule has 25 heavy (non-hydrogen) atoms. The molecular weight excluding hydrogens is 310 g/mol. The quantitative estimate of drug-likeness (QED) is 0.698. The summed E-state index contributed by atoms with van der Waals surface area (Å²) in [4.78, 5) is 12.7. The van der Waals surface area contributed by atoms with E-state index in [4.69, 9.17) is 4.74 Å². The molecule has 0 heterocycles. The van der Waals surface area contributed by atoms with E-state index in [1.807, 2.05) is 86.6 Å². The molecule has 3 rings (SSSR count). The van der Waals surface area contributed by atoms with Crippen molar-refractivity contribution in [2.45, 2.75) is 32.4 Å². The fourth-order valence-corrected chi connectivity index (χ4v) is 2.91. The van der Waals surface area contributed by atoms with Crippen molar-refractivity contribution in [1.29, 1.82) is 0 Å². The molecule has 3 heteroatoms. The summed E-state index contributed by atoms with van der Waals surface area (Å²) in [6.45, 7) is 3.94. The van der Waals surface area contributed by atoms with Gasteiger partial charge in [0.25, 0.3) is 5.91 Å². The van der Waals surface area contributed by atoms with Crippen LogP contribution in [0.4, 0.5) is 0 Å². The minimum absolute atomic E-state index is 0.0566. The molecule has 1 amide bonds. The molecule has 0 fully saturated rings. The maximum Gasteiger partial charge on any atom is 0.261 e. The van der Waals surface area contributed by atoms with Crippen molar-refractivity contribution in [2.24, 2.45) is 0 Å². The van der Waals surface area contributed by atoms with Gasteiger partial charge in [0.1, 0.15) is 5.75 Å². The molecule has 3 aromatic carbocycles. The van der Waals surface area contributed by atoms with Crippen LogP contribution in [0.1, 0.15) is 31.9 Å². The third-order valence-electron chi connectivity index (χ3n) is 4.34. The minimum atomic E-state index is -0.517. The standard InChI is InChI=1S/C22H23NO2/c1-3-20(22(24)23-16(2)17-10-5-4-6-11-17)25-21-15-9-13-18-12-7-8-14-19(18)21/h4-16,20H,3H2,1-2H3,(H,23,24). The van der Waals surface area contributed by atoms with E-state index < -0.39 is 6.10 Å². The maximum absolute atomic E-state index is 12.7. The number of nitrogens with one attached hydrogen (secondary N) is 1. The van der Waals surface area contributed by atoms with Crippen LogP contribution in [-0.4, -0.2) is 12.0 Å². The van der Waals surface area contributed by atoms with Gasteiger partial charge in [-0.25, -0.2) is 0 Å². The Morgan fingerprint density at radius 3 is 2.40 bits per heavy atom. The smallest absolute Gasteiger partial charge is 0.261 e. The Morgan fingerprint density at radius 1 is 0.960 bits per heavy atom. The lowest BCUT2D eigenvalue weighted by molar-refractivity contribution is -0.128. The molecule has 2 atom stereocenters. The molecule has 0 radical (unpaired) electrons. The maximum atomic E-state index is 12.7. The predicted molar refractivity (Wildman–Crippen MR) is 102 cm³/mol. The summed E-state index contributed by atoms with van der Waals surface area (Å²) in [5, 5.41) is 5.18. The molecule has 3 nitrogen and oxygen atoms in total. The van der Waals surface area contributed by atoms with Crippen LogP contribution < -0.4 is 10.1 Å². The number of ether oxygens (including phenoxy) is 1. The Morgan fingerprint density at radius 2 is 1.64 bits per heavy atom. The fourth-order valence-electron chi connectivity index (χ4n) is 2.91. The number of hydrogen-bond acceptors (Lipinski definition) is 2. The summed E-state index contributed by atoms with van der Waals surface area (Å²) in [5.41, 5.74) is 1.08. The summed E-state index contributed by atoms with van der Waals surface area (Å²) in [7, 11) is 0. The SMILES string of the molecule is CCC(Oc1cccc2ccccc12)C(=O)NC(C)c1ccccc1. The molecule has 128 valence electrons. The van der Waals surface area contributed by atoms with Crippen molar-refractivity contribution in [3.05, 3.63) is 78.4 Å². The second kappa shape index (κ2) is 7.84. The van der Waals surface area contributed by atoms with Crippen molar-refractivity contribution < 1.29 is 9.53 Å². The van der Waals surface area contributed by atoms with Gasteiger partial charge in [-0.2, -0.15) is 0 Å². The summed E-state index contributed by atoms with van der Waals surface area (Å²) < 4.78 is 6.06. The van der Waals surface area contributed by atoms with E-state index in [2.05, 4.69) is 5.32 Å². The second-order valence-electron chi connectivity index (χ2n) is 6.13. The average Bonchev–Trinajstić information content (AvgIpc) is 2.66. The number of carbonyl (C=O) groups is 1. The Labute approximate surface area is 148 Å². The van der Waals surface area contributed by atoms with Crippen LogP contribution in [0, 0.1) is 0 Å². The van der Waals surface area contributed by atoms with E-state index in [0.717, 1.165) is 22.1 Å². The average molecular weight is 333 g/mol. The summed E-state index contributed by atoms with van der Waals surface area (Å²) in [6, 6.07) is 23.8. The van der Waals surface area contributed by atoms with Crippen LogP contribution in [-0.2, 0) is 4.79 Å². The predicted octanol–water partition coefficient (Wildman–Crippen LogP) is 4.87. The van der Waals surface area contributed by atoms with E-state index in [1.165, 1.54) is 0 Å². The second-order valence-corrected chi connectivity index (χ2v) is 6.13. The Bertz CT molecular complexity index is 840. The minimum Gasteiger partial charge on any atom is -0.480 e. The van der Waals surface area contributed by atoms with Crippen LogP contribution in [0.15, 0.2) is 72.8 Å². The van der Waals surface area contributed by atoms with Gasteiger partial charge in [-0.05, 0) is 30.4 Å². The highest BCUT2D eigenvalue weighted by Gasteiger charge is 2.21. The van der Waals surface area contributed by atoms with Crippen LogP contribution in [0.3, 0.4) is 0 Å². The molecule has 0 aliphatic heterocycles. The molecule has 0 aliphatic rings. The van der Waals surface area contributed by atoms with Gasteiger partial charge in [0.05, 0.1) is 6.04 Å². The summed E-state index contributed by atoms with van der Waals surface area (Å²) in [5.74, 6) is 0.652. The molecular formula is C22H23NO2. The van der Waals surface area contributed by atoms with Gasteiger partial charge in [0, 0.05) is 5.39 Å². The molecule has 0 aromatic heterocycles. The lowest BCUT2D eigenvalue weighted by atomic mass is 10.1. The third-order valence-corrected chi connectivity index (χ3v) is 4.34. The van der Waals surface area contributed by atoms with Crippen molar-refractivity contribution >= 4 is 16.7 Å². The first-order valence-electron chi connectivity index (χ1n) is 8.68. The van der Waals surface area contributed by atoms with Crippen LogP contribution in [0.5, 0.6) is 5.75 Å². The molecule has 0 saturated carbocycles. The van der Waals surface area contributed by atoms with E-state index in [1.54, 1.807) is 0 Å². The van der Waals surface area contributed by atoms with Gasteiger partial charge in [0.2, 0.25) is 0 Å². The zero-order valence-corrected chi connectivity index (χ0v) is 14.6. The molecule has 2 unspecified atom stereocenters.